The second-order valence-corrected chi connectivity index (χ2v) is 63.5. The number of fused-ring (bicyclic) bond motifs is 2. The molecule has 0 nitrogen and oxygen atoms in total. The monoisotopic (exact) mass is 939 g/mol. The zero-order chi connectivity index (χ0) is 41.5. The van der Waals surface area contributed by atoms with Gasteiger partial charge in [0, 0.05) is 0 Å². The first-order valence-electron chi connectivity index (χ1n) is 24.9. The molecule has 4 aromatic carbocycles. The Labute approximate surface area is 376 Å². The summed E-state index contributed by atoms with van der Waals surface area (Å²) < 4.78 is 0.256. The molecule has 0 amide bonds. The van der Waals surface area contributed by atoms with Crippen LogP contribution < -0.4 is 0 Å². The summed E-state index contributed by atoms with van der Waals surface area (Å²) in [5, 5.41) is 0. The molecule has 8 bridgehead atoms. The molecule has 0 N–H and O–H groups in total. The van der Waals surface area contributed by atoms with Crippen molar-refractivity contribution in [2.45, 2.75) is 141 Å². The van der Waals surface area contributed by atoms with E-state index in [0.29, 0.717) is 10.8 Å². The van der Waals surface area contributed by atoms with E-state index in [4.69, 9.17) is 17.0 Å². The van der Waals surface area contributed by atoms with Crippen molar-refractivity contribution < 1.29 is 15.6 Å². The van der Waals surface area contributed by atoms with Gasteiger partial charge in [0.15, 0.2) is 0 Å². The van der Waals surface area contributed by atoms with Crippen LogP contribution in [0.25, 0.3) is 34.4 Å². The molecule has 61 heavy (non-hydrogen) atoms. The number of rotatable bonds is 10. The summed E-state index contributed by atoms with van der Waals surface area (Å²) in [5.41, 5.74) is 18.0. The van der Waals surface area contributed by atoms with Crippen LogP contribution in [-0.4, -0.2) is 5.92 Å². The van der Waals surface area contributed by atoms with Crippen LogP contribution >= 0.6 is 17.0 Å². The van der Waals surface area contributed by atoms with Crippen LogP contribution in [0.4, 0.5) is 0 Å². The normalized spacial score (nSPS) is 34.6. The standard InChI is InChI=1S/C27H29.C26H27.C4H11Si.2ClH.Zr/c1-2-18-13-23-4-3-5-25(26(23)14-18)22-6-8-24(9-7-22)27-15-19-10-20(16-27)12-21(11-19)17-27;1-17-9-22-3-2-4-24(25(22)10-17)21-5-7-23(8-6-21)26-14-18-11-19(15-26)13-20(12-18)16-26;1-3-5-4-2;;;/h3-9,13-14,19-21H,2,10-12,15-17H2,1H3;2-10,18-20H,11-16H2,1H3;5H,3-4H2,1-2H3;2*1H;/q;;;;;+2/p-2. The quantitative estimate of drug-likeness (QED) is 0.139. The molecule has 0 spiro atoms. The Kier molecular flexibility index (Phi) is 9.65. The fraction of sp³-hybridized carbons (Fsp3) is 0.509. The number of hydrogen-bond acceptors (Lipinski definition) is 0. The van der Waals surface area contributed by atoms with E-state index in [1.165, 1.54) is 133 Å². The van der Waals surface area contributed by atoms with E-state index in [1.807, 2.05) is 0 Å². The van der Waals surface area contributed by atoms with Gasteiger partial charge in [0.05, 0.1) is 0 Å². The molecule has 317 valence electrons. The summed E-state index contributed by atoms with van der Waals surface area (Å²) >= 11 is -4.92. The van der Waals surface area contributed by atoms with Crippen LogP contribution in [0.3, 0.4) is 0 Å². The maximum absolute atomic E-state index is 8.99. The van der Waals surface area contributed by atoms with Crippen molar-refractivity contribution in [3.8, 4) is 22.3 Å². The molecular formula is C57H67Cl2SiZr. The molecule has 0 aliphatic heterocycles. The number of allylic oxidation sites excluding steroid dienone is 2. The summed E-state index contributed by atoms with van der Waals surface area (Å²) in [6.07, 6.45) is 23.5. The molecule has 0 heterocycles. The van der Waals surface area contributed by atoms with Gasteiger partial charge < -0.3 is 0 Å². The van der Waals surface area contributed by atoms with E-state index in [0.717, 1.165) is 54.0 Å². The summed E-state index contributed by atoms with van der Waals surface area (Å²) in [6, 6.07) is 36.5. The second-order valence-electron chi connectivity index (χ2n) is 22.7. The average molecular weight is 942 g/mol. The SMILES string of the molecule is CCC1=Cc2c(-c3ccc(C45CC6CC(CC(C6)C4)C5)cc3)cccc2[CH]1[Zr]([Cl])([Cl])([CH]1C(C)=Cc2c(-c3ccc(C45CC6CC(CC(C6)C4)C5)cc3)cccc21)[SiH](CC)CC. The van der Waals surface area contributed by atoms with Gasteiger partial charge in [-0.05, 0) is 0 Å². The third kappa shape index (κ3) is 6.02. The molecule has 10 aliphatic carbocycles. The van der Waals surface area contributed by atoms with Gasteiger partial charge in [-0.2, -0.15) is 0 Å². The van der Waals surface area contributed by atoms with Gasteiger partial charge in [0.25, 0.3) is 0 Å². The first-order chi connectivity index (χ1) is 29.5. The van der Waals surface area contributed by atoms with Gasteiger partial charge in [0.1, 0.15) is 0 Å². The molecule has 8 saturated carbocycles. The summed E-state index contributed by atoms with van der Waals surface area (Å²) in [6.45, 7) is 9.58. The molecule has 2 atom stereocenters. The second kappa shape index (κ2) is 14.5. The van der Waals surface area contributed by atoms with Crippen LogP contribution in [0, 0.1) is 35.5 Å². The third-order valence-electron chi connectivity index (χ3n) is 19.4. The molecule has 0 aromatic heterocycles. The van der Waals surface area contributed by atoms with E-state index in [-0.39, 0.29) is 7.25 Å². The zero-order valence-electron chi connectivity index (χ0n) is 37.3. The van der Waals surface area contributed by atoms with Gasteiger partial charge in [-0.3, -0.25) is 0 Å². The van der Waals surface area contributed by atoms with Crippen molar-refractivity contribution >= 4 is 35.1 Å². The van der Waals surface area contributed by atoms with Crippen LogP contribution in [0.2, 0.25) is 12.1 Å². The van der Waals surface area contributed by atoms with Gasteiger partial charge in [-0.15, -0.1) is 0 Å². The molecule has 4 heteroatoms. The van der Waals surface area contributed by atoms with Gasteiger partial charge in [0.2, 0.25) is 0 Å². The first-order valence-corrected chi connectivity index (χ1v) is 40.6. The van der Waals surface area contributed by atoms with Gasteiger partial charge >= 0.3 is 379 Å². The van der Waals surface area contributed by atoms with Crippen molar-refractivity contribution in [1.29, 1.82) is 0 Å². The summed E-state index contributed by atoms with van der Waals surface area (Å²) in [5.74, 6) is 4.11. The molecule has 14 rings (SSSR count). The molecule has 0 radical (unpaired) electrons. The minimum atomic E-state index is -4.92. The molecule has 0 saturated heterocycles. The Hall–Kier alpha value is -1.96. The Morgan fingerprint density at radius 2 is 0.918 bits per heavy atom. The van der Waals surface area contributed by atoms with Crippen LogP contribution in [-0.2, 0) is 26.4 Å². The van der Waals surface area contributed by atoms with E-state index in [2.05, 4.69) is 125 Å². The Morgan fingerprint density at radius 3 is 1.31 bits per heavy atom. The van der Waals surface area contributed by atoms with Crippen LogP contribution in [0.15, 0.2) is 96.1 Å². The van der Waals surface area contributed by atoms with E-state index >= 15 is 0 Å². The molecule has 8 fully saturated rings. The first kappa shape index (κ1) is 40.5. The number of halogens is 2. The summed E-state index contributed by atoms with van der Waals surface area (Å²) in [7, 11) is 18.0. The zero-order valence-corrected chi connectivity index (χ0v) is 42.4. The molecular weight excluding hydrogens is 875 g/mol. The van der Waals surface area contributed by atoms with Crippen molar-refractivity contribution in [3.63, 3.8) is 0 Å². The molecule has 10 aliphatic rings. The summed E-state index contributed by atoms with van der Waals surface area (Å²) in [4.78, 5) is 0. The van der Waals surface area contributed by atoms with Gasteiger partial charge in [-0.1, -0.05) is 0 Å². The Bertz CT molecular complexity index is 2400. The fourth-order valence-corrected chi connectivity index (χ4v) is 71.5. The van der Waals surface area contributed by atoms with Crippen molar-refractivity contribution in [2.75, 3.05) is 0 Å². The number of hydrogen-bond donors (Lipinski definition) is 0. The van der Waals surface area contributed by atoms with Crippen molar-refractivity contribution in [3.05, 3.63) is 129 Å². The van der Waals surface area contributed by atoms with Crippen LogP contribution in [0.1, 0.15) is 152 Å². The average Bonchev–Trinajstić information content (AvgIpc) is 3.82. The maximum atomic E-state index is 8.99. The Balaban J connectivity index is 0.913. The molecule has 4 aromatic rings. The van der Waals surface area contributed by atoms with E-state index in [1.54, 1.807) is 11.1 Å². The van der Waals surface area contributed by atoms with Crippen molar-refractivity contribution in [1.82, 2.24) is 0 Å². The van der Waals surface area contributed by atoms with E-state index in [9.17, 15) is 0 Å². The van der Waals surface area contributed by atoms with Gasteiger partial charge in [-0.25, -0.2) is 0 Å². The fourth-order valence-electron chi connectivity index (χ4n) is 17.9. The third-order valence-corrected chi connectivity index (χ3v) is 69.5. The minimum absolute atomic E-state index is 0.122. The molecule has 2 unspecified atom stereocenters. The predicted octanol–water partition coefficient (Wildman–Crippen LogP) is 16.7. The predicted molar refractivity (Wildman–Crippen MR) is 261 cm³/mol. The van der Waals surface area contributed by atoms with Crippen LogP contribution in [0.5, 0.6) is 0 Å². The van der Waals surface area contributed by atoms with E-state index < -0.39 is 21.5 Å². The number of benzene rings is 4. The van der Waals surface area contributed by atoms with Crippen molar-refractivity contribution in [2.24, 2.45) is 35.5 Å². The topological polar surface area (TPSA) is 0 Å². The Morgan fingerprint density at radius 1 is 0.525 bits per heavy atom.